The molecule has 1 aromatic carbocycles. The molecule has 0 amide bonds. The lowest BCUT2D eigenvalue weighted by Gasteiger charge is -2.14. The smallest absolute Gasteiger partial charge is 0.179 e. The maximum absolute atomic E-state index is 11.9. The van der Waals surface area contributed by atoms with Crippen molar-refractivity contribution < 1.29 is 13.5 Å². The number of hydrogen-bond donors (Lipinski definition) is 1. The van der Waals surface area contributed by atoms with E-state index >= 15 is 0 Å². The van der Waals surface area contributed by atoms with Crippen molar-refractivity contribution in [3.63, 3.8) is 0 Å². The molecular weight excluding hydrogens is 306 g/mol. The summed E-state index contributed by atoms with van der Waals surface area (Å²) >= 11 is 3.26. The quantitative estimate of drug-likeness (QED) is 0.853. The van der Waals surface area contributed by atoms with Gasteiger partial charge in [0.15, 0.2) is 9.84 Å². The molecule has 0 aliphatic heterocycles. The number of sulfone groups is 1. The zero-order valence-corrected chi connectivity index (χ0v) is 12.0. The van der Waals surface area contributed by atoms with Gasteiger partial charge in [0, 0.05) is 17.6 Å². The van der Waals surface area contributed by atoms with Crippen LogP contribution in [0.2, 0.25) is 0 Å². The van der Waals surface area contributed by atoms with Gasteiger partial charge < -0.3 is 10.0 Å². The highest BCUT2D eigenvalue weighted by Gasteiger charge is 2.14. The second-order valence-corrected chi connectivity index (χ2v) is 6.82. The van der Waals surface area contributed by atoms with Crippen LogP contribution in [0.5, 0.6) is 0 Å². The van der Waals surface area contributed by atoms with E-state index < -0.39 is 9.84 Å². The number of nitrogens with zero attached hydrogens (tertiary/aromatic N) is 1. The van der Waals surface area contributed by atoms with Gasteiger partial charge >= 0.3 is 0 Å². The van der Waals surface area contributed by atoms with E-state index in [0.29, 0.717) is 18.0 Å². The van der Waals surface area contributed by atoms with Crippen molar-refractivity contribution in [3.8, 4) is 0 Å². The zero-order valence-electron chi connectivity index (χ0n) is 9.63. The number of hydrogen-bond acceptors (Lipinski definition) is 4. The average Bonchev–Trinajstić information content (AvgIpc) is 2.28. The summed E-state index contributed by atoms with van der Waals surface area (Å²) in [4.78, 5) is 2.12. The van der Waals surface area contributed by atoms with Gasteiger partial charge in [-0.2, -0.15) is 0 Å². The molecule has 0 aliphatic carbocycles. The molecule has 0 atom stereocenters. The van der Waals surface area contributed by atoms with Gasteiger partial charge in [0.05, 0.1) is 17.3 Å². The average molecular weight is 322 g/mol. The highest BCUT2D eigenvalue weighted by Crippen LogP contribution is 2.15. The fourth-order valence-corrected chi connectivity index (χ4v) is 2.92. The van der Waals surface area contributed by atoms with Crippen LogP contribution >= 0.6 is 15.9 Å². The van der Waals surface area contributed by atoms with Crippen molar-refractivity contribution in [2.75, 3.05) is 32.5 Å². The summed E-state index contributed by atoms with van der Waals surface area (Å²) in [6, 6.07) is 6.60. The lowest BCUT2D eigenvalue weighted by molar-refractivity contribution is 0.227. The molecule has 6 heteroatoms. The Morgan fingerprint density at radius 2 is 1.82 bits per heavy atom. The molecule has 0 heterocycles. The highest BCUT2D eigenvalue weighted by molar-refractivity contribution is 9.10. The van der Waals surface area contributed by atoms with E-state index in [1.165, 1.54) is 0 Å². The Kier molecular flexibility index (Phi) is 5.58. The van der Waals surface area contributed by atoms with Gasteiger partial charge in [-0.15, -0.1) is 0 Å². The Balaban J connectivity index is 2.66. The largest absolute Gasteiger partial charge is 0.395 e. The maximum atomic E-state index is 11.9. The minimum atomic E-state index is -3.23. The molecule has 0 fully saturated rings. The minimum absolute atomic E-state index is 0.0365. The van der Waals surface area contributed by atoms with Crippen molar-refractivity contribution in [1.29, 1.82) is 0 Å². The molecule has 0 saturated heterocycles. The number of halogens is 1. The Labute approximate surface area is 110 Å². The molecule has 96 valence electrons. The standard InChI is InChI=1S/C11H16BrNO3S/c1-13(6-8-14)7-9-17(15,16)11-4-2-10(12)3-5-11/h2-5,14H,6-9H2,1H3. The van der Waals surface area contributed by atoms with Gasteiger partial charge in [-0.05, 0) is 31.3 Å². The van der Waals surface area contributed by atoms with E-state index in [4.69, 9.17) is 5.11 Å². The summed E-state index contributed by atoms with van der Waals surface area (Å²) in [6.07, 6.45) is 0. The van der Waals surface area contributed by atoms with Crippen LogP contribution in [0, 0.1) is 0 Å². The molecular formula is C11H16BrNO3S. The third-order valence-corrected chi connectivity index (χ3v) is 4.64. The van der Waals surface area contributed by atoms with Crippen LogP contribution in [0.15, 0.2) is 33.6 Å². The topological polar surface area (TPSA) is 57.6 Å². The fraction of sp³-hybridized carbons (Fsp3) is 0.455. The molecule has 0 spiro atoms. The first-order valence-electron chi connectivity index (χ1n) is 5.23. The third-order valence-electron chi connectivity index (χ3n) is 2.40. The highest BCUT2D eigenvalue weighted by atomic mass is 79.9. The Morgan fingerprint density at radius 1 is 1.24 bits per heavy atom. The molecule has 1 rings (SSSR count). The van der Waals surface area contributed by atoms with Crippen molar-refractivity contribution >= 4 is 25.8 Å². The van der Waals surface area contributed by atoms with Crippen LogP contribution in [-0.4, -0.2) is 50.9 Å². The number of rotatable bonds is 6. The van der Waals surface area contributed by atoms with Crippen LogP contribution in [-0.2, 0) is 9.84 Å². The molecule has 0 bridgehead atoms. The number of likely N-dealkylation sites (N-methyl/N-ethyl adjacent to an activating group) is 1. The van der Waals surface area contributed by atoms with Crippen molar-refractivity contribution in [2.45, 2.75) is 4.90 Å². The van der Waals surface area contributed by atoms with Gasteiger partial charge in [-0.3, -0.25) is 0 Å². The molecule has 0 unspecified atom stereocenters. The van der Waals surface area contributed by atoms with E-state index in [9.17, 15) is 8.42 Å². The Morgan fingerprint density at radius 3 is 2.35 bits per heavy atom. The maximum Gasteiger partial charge on any atom is 0.179 e. The predicted octanol–water partition coefficient (Wildman–Crippen LogP) is 1.15. The van der Waals surface area contributed by atoms with Gasteiger partial charge in [-0.25, -0.2) is 8.42 Å². The van der Waals surface area contributed by atoms with Crippen LogP contribution in [0.1, 0.15) is 0 Å². The zero-order chi connectivity index (χ0) is 12.9. The van der Waals surface area contributed by atoms with E-state index in [-0.39, 0.29) is 12.4 Å². The van der Waals surface area contributed by atoms with Crippen LogP contribution in [0.3, 0.4) is 0 Å². The molecule has 0 saturated carbocycles. The van der Waals surface area contributed by atoms with Crippen molar-refractivity contribution in [1.82, 2.24) is 4.90 Å². The number of aliphatic hydroxyl groups excluding tert-OH is 1. The van der Waals surface area contributed by atoms with Crippen LogP contribution < -0.4 is 0 Å². The van der Waals surface area contributed by atoms with Crippen LogP contribution in [0.4, 0.5) is 0 Å². The summed E-state index contributed by atoms with van der Waals surface area (Å²) in [5, 5.41) is 8.72. The van der Waals surface area contributed by atoms with Gasteiger partial charge in [0.25, 0.3) is 0 Å². The first-order valence-corrected chi connectivity index (χ1v) is 7.68. The SMILES string of the molecule is CN(CCO)CCS(=O)(=O)c1ccc(Br)cc1. The van der Waals surface area contributed by atoms with Crippen LogP contribution in [0.25, 0.3) is 0 Å². The summed E-state index contributed by atoms with van der Waals surface area (Å²) < 4.78 is 24.8. The molecule has 1 aromatic rings. The normalized spacial score (nSPS) is 12.0. The third kappa shape index (κ3) is 4.75. The van der Waals surface area contributed by atoms with E-state index in [0.717, 1.165) is 4.47 Å². The minimum Gasteiger partial charge on any atom is -0.395 e. The second kappa shape index (κ2) is 6.49. The fourth-order valence-electron chi connectivity index (χ4n) is 1.32. The van der Waals surface area contributed by atoms with Crippen molar-refractivity contribution in [2.24, 2.45) is 0 Å². The number of aliphatic hydroxyl groups is 1. The lowest BCUT2D eigenvalue weighted by atomic mass is 10.4. The monoisotopic (exact) mass is 321 g/mol. The predicted molar refractivity (Wildman–Crippen MR) is 70.8 cm³/mol. The molecule has 0 aromatic heterocycles. The van der Waals surface area contributed by atoms with E-state index in [1.54, 1.807) is 36.2 Å². The summed E-state index contributed by atoms with van der Waals surface area (Å²) in [5.41, 5.74) is 0. The Bertz CT molecular complexity index is 444. The van der Waals surface area contributed by atoms with Gasteiger partial charge in [-0.1, -0.05) is 15.9 Å². The van der Waals surface area contributed by atoms with E-state index in [1.807, 2.05) is 0 Å². The molecule has 4 nitrogen and oxygen atoms in total. The summed E-state index contributed by atoms with van der Waals surface area (Å²) in [7, 11) is -1.45. The second-order valence-electron chi connectivity index (χ2n) is 3.80. The first kappa shape index (κ1) is 14.6. The van der Waals surface area contributed by atoms with Gasteiger partial charge in [0.2, 0.25) is 0 Å². The first-order chi connectivity index (χ1) is 7.95. The lowest BCUT2D eigenvalue weighted by Crippen LogP contribution is -2.28. The molecule has 1 N–H and O–H groups in total. The van der Waals surface area contributed by atoms with Crippen molar-refractivity contribution in [3.05, 3.63) is 28.7 Å². The molecule has 0 aliphatic rings. The summed E-state index contributed by atoms with van der Waals surface area (Å²) in [5.74, 6) is 0.0606. The Hall–Kier alpha value is -0.430. The summed E-state index contributed by atoms with van der Waals surface area (Å²) in [6.45, 7) is 0.934. The molecule has 0 radical (unpaired) electrons. The number of benzene rings is 1. The van der Waals surface area contributed by atoms with Gasteiger partial charge in [0.1, 0.15) is 0 Å². The molecule has 17 heavy (non-hydrogen) atoms. The van der Waals surface area contributed by atoms with E-state index in [2.05, 4.69) is 15.9 Å².